The lowest BCUT2D eigenvalue weighted by Crippen LogP contribution is -2.43. The quantitative estimate of drug-likeness (QED) is 0.679. The first kappa shape index (κ1) is 21.4. The molecule has 2 amide bonds. The van der Waals surface area contributed by atoms with Gasteiger partial charge in [0.2, 0.25) is 5.91 Å². The van der Waals surface area contributed by atoms with Crippen molar-refractivity contribution in [2.75, 3.05) is 19.0 Å². The second kappa shape index (κ2) is 9.03. The number of benzene rings is 2. The van der Waals surface area contributed by atoms with Crippen LogP contribution in [0.4, 0.5) is 5.69 Å². The van der Waals surface area contributed by atoms with Gasteiger partial charge >= 0.3 is 5.97 Å². The normalized spacial score (nSPS) is 15.9. The number of amides is 2. The van der Waals surface area contributed by atoms with E-state index in [1.165, 1.54) is 36.3 Å². The summed E-state index contributed by atoms with van der Waals surface area (Å²) in [5.41, 5.74) is 0.876. The molecule has 1 aliphatic rings. The Morgan fingerprint density at radius 1 is 1.00 bits per heavy atom. The van der Waals surface area contributed by atoms with E-state index in [2.05, 4.69) is 10.1 Å². The van der Waals surface area contributed by atoms with E-state index in [9.17, 15) is 14.4 Å². The molecule has 9 heteroatoms. The Morgan fingerprint density at radius 3 is 2.38 bits per heavy atom. The SMILES string of the molecule is COC(=O)c1ccc(Cl)c(NC(=O)C2CCCN2C(=O)c2ccc(Cl)c(Cl)c2)c1. The van der Waals surface area contributed by atoms with Crippen molar-refractivity contribution in [3.05, 3.63) is 62.6 Å². The van der Waals surface area contributed by atoms with Gasteiger partial charge in [-0.3, -0.25) is 9.59 Å². The number of halogens is 3. The van der Waals surface area contributed by atoms with Crippen LogP contribution >= 0.6 is 34.8 Å². The highest BCUT2D eigenvalue weighted by Gasteiger charge is 2.35. The van der Waals surface area contributed by atoms with Crippen LogP contribution in [0.2, 0.25) is 15.1 Å². The van der Waals surface area contributed by atoms with Crippen molar-refractivity contribution >= 4 is 58.3 Å². The number of nitrogens with one attached hydrogen (secondary N) is 1. The van der Waals surface area contributed by atoms with E-state index in [0.717, 1.165) is 0 Å². The zero-order valence-corrected chi connectivity index (χ0v) is 17.6. The summed E-state index contributed by atoms with van der Waals surface area (Å²) >= 11 is 18.1. The second-order valence-electron chi connectivity index (χ2n) is 6.46. The van der Waals surface area contributed by atoms with Crippen molar-refractivity contribution in [3.63, 3.8) is 0 Å². The summed E-state index contributed by atoms with van der Waals surface area (Å²) in [5.74, 6) is -1.25. The van der Waals surface area contributed by atoms with Gasteiger partial charge in [0.25, 0.3) is 5.91 Å². The summed E-state index contributed by atoms with van der Waals surface area (Å²) < 4.78 is 4.68. The number of rotatable bonds is 4. The molecule has 6 nitrogen and oxygen atoms in total. The first-order chi connectivity index (χ1) is 13.8. The van der Waals surface area contributed by atoms with Gasteiger partial charge in [0.15, 0.2) is 0 Å². The van der Waals surface area contributed by atoms with Crippen molar-refractivity contribution in [2.45, 2.75) is 18.9 Å². The molecule has 0 aliphatic carbocycles. The molecule has 1 unspecified atom stereocenters. The Bertz CT molecular complexity index is 980. The number of nitrogens with zero attached hydrogens (tertiary/aromatic N) is 1. The minimum Gasteiger partial charge on any atom is -0.465 e. The molecule has 0 aromatic heterocycles. The van der Waals surface area contributed by atoms with Crippen LogP contribution in [-0.4, -0.2) is 42.4 Å². The highest BCUT2D eigenvalue weighted by Crippen LogP contribution is 2.28. The fourth-order valence-electron chi connectivity index (χ4n) is 3.16. The highest BCUT2D eigenvalue weighted by atomic mass is 35.5. The average molecular weight is 456 g/mol. The number of esters is 1. The van der Waals surface area contributed by atoms with E-state index in [-0.39, 0.29) is 33.1 Å². The molecule has 1 aliphatic heterocycles. The summed E-state index contributed by atoms with van der Waals surface area (Å²) in [6, 6.07) is 8.36. The summed E-state index contributed by atoms with van der Waals surface area (Å²) in [6.07, 6.45) is 1.19. The number of anilines is 1. The van der Waals surface area contributed by atoms with Crippen LogP contribution in [0.5, 0.6) is 0 Å². The molecule has 2 aromatic rings. The maximum absolute atomic E-state index is 12.9. The Morgan fingerprint density at radius 2 is 1.69 bits per heavy atom. The molecule has 0 bridgehead atoms. The molecule has 0 spiro atoms. The number of methoxy groups -OCH3 is 1. The summed E-state index contributed by atoms with van der Waals surface area (Å²) in [4.78, 5) is 39.0. The van der Waals surface area contributed by atoms with Gasteiger partial charge in [0.1, 0.15) is 6.04 Å². The molecule has 1 saturated heterocycles. The fourth-order valence-corrected chi connectivity index (χ4v) is 3.62. The lowest BCUT2D eigenvalue weighted by molar-refractivity contribution is -0.119. The molecular formula is C20H17Cl3N2O4. The second-order valence-corrected chi connectivity index (χ2v) is 7.68. The molecule has 0 saturated carbocycles. The van der Waals surface area contributed by atoms with Gasteiger partial charge in [0, 0.05) is 12.1 Å². The lowest BCUT2D eigenvalue weighted by Gasteiger charge is -2.24. The van der Waals surface area contributed by atoms with Crippen LogP contribution in [0, 0.1) is 0 Å². The van der Waals surface area contributed by atoms with Crippen molar-refractivity contribution in [1.82, 2.24) is 4.90 Å². The van der Waals surface area contributed by atoms with Crippen LogP contribution in [0.3, 0.4) is 0 Å². The van der Waals surface area contributed by atoms with E-state index in [1.807, 2.05) is 0 Å². The van der Waals surface area contributed by atoms with E-state index in [4.69, 9.17) is 34.8 Å². The molecule has 1 fully saturated rings. The third-order valence-corrected chi connectivity index (χ3v) is 5.70. The first-order valence-electron chi connectivity index (χ1n) is 8.76. The fraction of sp³-hybridized carbons (Fsp3) is 0.250. The maximum atomic E-state index is 12.9. The zero-order valence-electron chi connectivity index (χ0n) is 15.4. The van der Waals surface area contributed by atoms with E-state index in [0.29, 0.717) is 30.0 Å². The van der Waals surface area contributed by atoms with Gasteiger partial charge in [-0.15, -0.1) is 0 Å². The molecule has 29 heavy (non-hydrogen) atoms. The molecule has 1 heterocycles. The van der Waals surface area contributed by atoms with E-state index < -0.39 is 12.0 Å². The Balaban J connectivity index is 1.79. The van der Waals surface area contributed by atoms with Gasteiger partial charge in [0.05, 0.1) is 33.4 Å². The number of hydrogen-bond acceptors (Lipinski definition) is 4. The smallest absolute Gasteiger partial charge is 0.337 e. The Hall–Kier alpha value is -2.28. The van der Waals surface area contributed by atoms with Crippen molar-refractivity contribution < 1.29 is 19.1 Å². The largest absolute Gasteiger partial charge is 0.465 e. The van der Waals surface area contributed by atoms with Crippen LogP contribution in [0.25, 0.3) is 0 Å². The Labute approximate surface area is 182 Å². The average Bonchev–Trinajstić information content (AvgIpc) is 3.20. The van der Waals surface area contributed by atoms with Crippen molar-refractivity contribution in [1.29, 1.82) is 0 Å². The number of ether oxygens (including phenoxy) is 1. The third-order valence-electron chi connectivity index (χ3n) is 4.63. The van der Waals surface area contributed by atoms with Gasteiger partial charge in [-0.1, -0.05) is 34.8 Å². The minimum atomic E-state index is -0.671. The monoisotopic (exact) mass is 454 g/mol. The Kier molecular flexibility index (Phi) is 6.67. The van der Waals surface area contributed by atoms with E-state index in [1.54, 1.807) is 12.1 Å². The molecule has 2 aromatic carbocycles. The summed E-state index contributed by atoms with van der Waals surface area (Å²) in [7, 11) is 1.26. The minimum absolute atomic E-state index is 0.252. The number of hydrogen-bond donors (Lipinski definition) is 1. The molecule has 3 rings (SSSR count). The molecule has 152 valence electrons. The molecule has 1 atom stereocenters. The van der Waals surface area contributed by atoms with Crippen LogP contribution < -0.4 is 5.32 Å². The maximum Gasteiger partial charge on any atom is 0.337 e. The predicted octanol–water partition coefficient (Wildman–Crippen LogP) is 4.68. The van der Waals surface area contributed by atoms with Crippen LogP contribution in [-0.2, 0) is 9.53 Å². The predicted molar refractivity (Wildman–Crippen MR) is 112 cm³/mol. The van der Waals surface area contributed by atoms with Gasteiger partial charge in [-0.05, 0) is 49.2 Å². The number of carbonyl (C=O) groups is 3. The number of carbonyl (C=O) groups excluding carboxylic acids is 3. The zero-order chi connectivity index (χ0) is 21.1. The van der Waals surface area contributed by atoms with Crippen molar-refractivity contribution in [3.8, 4) is 0 Å². The summed E-state index contributed by atoms with van der Waals surface area (Å²) in [5, 5.41) is 3.59. The number of likely N-dealkylation sites (tertiary alicyclic amines) is 1. The topological polar surface area (TPSA) is 75.7 Å². The standard InChI is InChI=1S/C20H17Cl3N2O4/c1-29-20(28)12-5-7-14(22)16(10-12)24-18(26)17-3-2-8-25(17)19(27)11-4-6-13(21)15(23)9-11/h4-7,9-10,17H,2-3,8H2,1H3,(H,24,26). The van der Waals surface area contributed by atoms with Gasteiger partial charge in [-0.2, -0.15) is 0 Å². The first-order valence-corrected chi connectivity index (χ1v) is 9.90. The van der Waals surface area contributed by atoms with Crippen LogP contribution in [0.1, 0.15) is 33.6 Å². The summed E-state index contributed by atoms with van der Waals surface area (Å²) in [6.45, 7) is 0.438. The van der Waals surface area contributed by atoms with Gasteiger partial charge in [-0.25, -0.2) is 4.79 Å². The highest BCUT2D eigenvalue weighted by molar-refractivity contribution is 6.42. The third kappa shape index (κ3) is 4.66. The van der Waals surface area contributed by atoms with Gasteiger partial charge < -0.3 is 15.0 Å². The molecule has 0 radical (unpaired) electrons. The lowest BCUT2D eigenvalue weighted by atomic mass is 10.1. The molecular weight excluding hydrogens is 439 g/mol. The van der Waals surface area contributed by atoms with Crippen molar-refractivity contribution in [2.24, 2.45) is 0 Å². The van der Waals surface area contributed by atoms with Crippen LogP contribution in [0.15, 0.2) is 36.4 Å². The van der Waals surface area contributed by atoms with E-state index >= 15 is 0 Å². The molecule has 1 N–H and O–H groups in total.